The molecular formula is C15H33IN4O3S. The fraction of sp³-hybridized carbons (Fsp3) is 0.867. The van der Waals surface area contributed by atoms with Crippen molar-refractivity contribution < 1.29 is 13.2 Å². The van der Waals surface area contributed by atoms with Crippen LogP contribution in [0.5, 0.6) is 0 Å². The zero-order valence-electron chi connectivity index (χ0n) is 15.6. The van der Waals surface area contributed by atoms with Gasteiger partial charge in [-0.25, -0.2) is 8.42 Å². The molecule has 0 bridgehead atoms. The minimum absolute atomic E-state index is 0. The molecule has 0 aromatic rings. The molecule has 7 nitrogen and oxygen atoms in total. The maximum Gasteiger partial charge on any atom is 0.225 e. The third-order valence-corrected chi connectivity index (χ3v) is 3.97. The van der Waals surface area contributed by atoms with Crippen molar-refractivity contribution in [2.45, 2.75) is 47.1 Å². The van der Waals surface area contributed by atoms with Crippen LogP contribution in [0.2, 0.25) is 0 Å². The topological polar surface area (TPSA) is 99.7 Å². The average molecular weight is 476 g/mol. The molecule has 0 aromatic heterocycles. The van der Waals surface area contributed by atoms with E-state index in [1.807, 2.05) is 34.6 Å². The summed E-state index contributed by atoms with van der Waals surface area (Å²) in [6, 6.07) is -0.00769. The number of nitrogens with zero attached hydrogens (tertiary/aromatic N) is 1. The van der Waals surface area contributed by atoms with Gasteiger partial charge in [-0.15, -0.1) is 24.0 Å². The standard InChI is InChI=1S/C15H32N4O3S.HI/c1-7-16-14(19-12(2)8-11-23(6,21)22)18-10-9-17-13(20)15(3,4)5;/h12H,7-11H2,1-6H3,(H,17,20)(H2,16,18,19);1H. The van der Waals surface area contributed by atoms with Crippen LogP contribution in [0, 0.1) is 5.41 Å². The highest BCUT2D eigenvalue weighted by atomic mass is 127. The Morgan fingerprint density at radius 3 is 2.25 bits per heavy atom. The summed E-state index contributed by atoms with van der Waals surface area (Å²) in [6.45, 7) is 11.1. The summed E-state index contributed by atoms with van der Waals surface area (Å²) >= 11 is 0. The van der Waals surface area contributed by atoms with Gasteiger partial charge in [0.15, 0.2) is 5.96 Å². The number of carbonyl (C=O) groups excluding carboxylic acids is 1. The predicted octanol–water partition coefficient (Wildman–Crippen LogP) is 1.15. The smallest absolute Gasteiger partial charge is 0.225 e. The van der Waals surface area contributed by atoms with E-state index in [-0.39, 0.29) is 41.7 Å². The fourth-order valence-electron chi connectivity index (χ4n) is 1.62. The molecule has 0 rings (SSSR count). The number of carbonyl (C=O) groups is 1. The van der Waals surface area contributed by atoms with Gasteiger partial charge in [0.1, 0.15) is 9.84 Å². The molecule has 1 amide bonds. The van der Waals surface area contributed by atoms with Gasteiger partial charge in [0.25, 0.3) is 0 Å². The summed E-state index contributed by atoms with van der Waals surface area (Å²) < 4.78 is 22.4. The average Bonchev–Trinajstić information content (AvgIpc) is 2.39. The molecule has 0 saturated heterocycles. The number of hydrogen-bond donors (Lipinski definition) is 3. The summed E-state index contributed by atoms with van der Waals surface area (Å²) in [7, 11) is -2.96. The Labute approximate surface area is 163 Å². The van der Waals surface area contributed by atoms with E-state index in [9.17, 15) is 13.2 Å². The molecule has 0 aliphatic rings. The minimum atomic E-state index is -2.96. The second kappa shape index (κ2) is 11.9. The van der Waals surface area contributed by atoms with Gasteiger partial charge in [0.05, 0.1) is 12.3 Å². The normalized spacial score (nSPS) is 13.7. The van der Waals surface area contributed by atoms with Gasteiger partial charge >= 0.3 is 0 Å². The van der Waals surface area contributed by atoms with Crippen LogP contribution in [0.1, 0.15) is 41.0 Å². The lowest BCUT2D eigenvalue weighted by Crippen LogP contribution is -2.43. The van der Waals surface area contributed by atoms with Gasteiger partial charge in [-0.1, -0.05) is 20.8 Å². The van der Waals surface area contributed by atoms with Crippen LogP contribution in [-0.4, -0.2) is 58.0 Å². The molecule has 144 valence electrons. The number of amides is 1. The van der Waals surface area contributed by atoms with E-state index < -0.39 is 15.3 Å². The van der Waals surface area contributed by atoms with Crippen molar-refractivity contribution in [3.63, 3.8) is 0 Å². The maximum absolute atomic E-state index is 11.7. The van der Waals surface area contributed by atoms with E-state index in [4.69, 9.17) is 0 Å². The first-order chi connectivity index (χ1) is 10.5. The molecular weight excluding hydrogens is 443 g/mol. The first-order valence-corrected chi connectivity index (χ1v) is 10.0. The number of aliphatic imine (C=N–C) groups is 1. The Kier molecular flexibility index (Phi) is 12.7. The molecule has 0 radical (unpaired) electrons. The van der Waals surface area contributed by atoms with Crippen LogP contribution in [0.3, 0.4) is 0 Å². The third-order valence-electron chi connectivity index (χ3n) is 3.00. The first-order valence-electron chi connectivity index (χ1n) is 7.96. The van der Waals surface area contributed by atoms with E-state index in [1.54, 1.807) is 0 Å². The monoisotopic (exact) mass is 476 g/mol. The fourth-order valence-corrected chi connectivity index (χ4v) is 2.40. The number of hydrogen-bond acceptors (Lipinski definition) is 4. The Hall–Kier alpha value is -0.580. The van der Waals surface area contributed by atoms with Gasteiger partial charge in [0.2, 0.25) is 5.91 Å². The minimum Gasteiger partial charge on any atom is -0.357 e. The van der Waals surface area contributed by atoms with Gasteiger partial charge < -0.3 is 16.0 Å². The molecule has 0 spiro atoms. The number of halogens is 1. The summed E-state index contributed by atoms with van der Waals surface area (Å²) in [5.41, 5.74) is -0.410. The number of rotatable bonds is 8. The lowest BCUT2D eigenvalue weighted by atomic mass is 9.96. The summed E-state index contributed by atoms with van der Waals surface area (Å²) in [5, 5.41) is 9.11. The quantitative estimate of drug-likeness (QED) is 0.211. The summed E-state index contributed by atoms with van der Waals surface area (Å²) in [4.78, 5) is 16.1. The summed E-state index contributed by atoms with van der Waals surface area (Å²) in [5.74, 6) is 0.757. The van der Waals surface area contributed by atoms with Crippen molar-refractivity contribution in [1.29, 1.82) is 0 Å². The van der Waals surface area contributed by atoms with E-state index >= 15 is 0 Å². The van der Waals surface area contributed by atoms with Crippen molar-refractivity contribution in [3.05, 3.63) is 0 Å². The molecule has 9 heteroatoms. The second-order valence-electron chi connectivity index (χ2n) is 6.73. The zero-order valence-corrected chi connectivity index (χ0v) is 18.7. The van der Waals surface area contributed by atoms with Crippen molar-refractivity contribution in [2.75, 3.05) is 31.6 Å². The van der Waals surface area contributed by atoms with Crippen LogP contribution in [-0.2, 0) is 14.6 Å². The Morgan fingerprint density at radius 2 is 1.79 bits per heavy atom. The van der Waals surface area contributed by atoms with Crippen molar-refractivity contribution >= 4 is 45.7 Å². The lowest BCUT2D eigenvalue weighted by Gasteiger charge is -2.18. The molecule has 0 aromatic carbocycles. The maximum atomic E-state index is 11.7. The van der Waals surface area contributed by atoms with Gasteiger partial charge in [-0.2, -0.15) is 0 Å². The zero-order chi connectivity index (χ0) is 18.1. The molecule has 0 heterocycles. The van der Waals surface area contributed by atoms with Crippen molar-refractivity contribution in [3.8, 4) is 0 Å². The Bertz CT molecular complexity index is 501. The highest BCUT2D eigenvalue weighted by Crippen LogP contribution is 2.11. The van der Waals surface area contributed by atoms with Crippen molar-refractivity contribution in [2.24, 2.45) is 10.4 Å². The molecule has 3 N–H and O–H groups in total. The van der Waals surface area contributed by atoms with Crippen LogP contribution in [0.4, 0.5) is 0 Å². The third kappa shape index (κ3) is 13.8. The van der Waals surface area contributed by atoms with E-state index in [1.165, 1.54) is 6.26 Å². The van der Waals surface area contributed by atoms with Crippen LogP contribution >= 0.6 is 24.0 Å². The highest BCUT2D eigenvalue weighted by molar-refractivity contribution is 14.0. The van der Waals surface area contributed by atoms with Crippen LogP contribution in [0.15, 0.2) is 4.99 Å². The molecule has 24 heavy (non-hydrogen) atoms. The first kappa shape index (κ1) is 25.7. The SMILES string of the molecule is CCNC(=NCCNC(=O)C(C)(C)C)NC(C)CCS(C)(=O)=O.I. The van der Waals surface area contributed by atoms with Gasteiger partial charge in [-0.05, 0) is 20.3 Å². The summed E-state index contributed by atoms with van der Waals surface area (Å²) in [6.07, 6.45) is 1.75. The molecule has 0 aliphatic carbocycles. The second-order valence-corrected chi connectivity index (χ2v) is 8.99. The van der Waals surface area contributed by atoms with Gasteiger partial charge in [0, 0.05) is 30.8 Å². The predicted molar refractivity (Wildman–Crippen MR) is 111 cm³/mol. The van der Waals surface area contributed by atoms with E-state index in [2.05, 4.69) is 20.9 Å². The van der Waals surface area contributed by atoms with Crippen LogP contribution < -0.4 is 16.0 Å². The number of guanidine groups is 1. The molecule has 0 aliphatic heterocycles. The largest absolute Gasteiger partial charge is 0.357 e. The molecule has 0 saturated carbocycles. The highest BCUT2D eigenvalue weighted by Gasteiger charge is 2.20. The Balaban J connectivity index is 0. The van der Waals surface area contributed by atoms with Crippen molar-refractivity contribution in [1.82, 2.24) is 16.0 Å². The van der Waals surface area contributed by atoms with Gasteiger partial charge in [-0.3, -0.25) is 9.79 Å². The molecule has 1 atom stereocenters. The lowest BCUT2D eigenvalue weighted by molar-refractivity contribution is -0.128. The van der Waals surface area contributed by atoms with E-state index in [0.29, 0.717) is 32.0 Å². The Morgan fingerprint density at radius 1 is 1.21 bits per heavy atom. The number of sulfone groups is 1. The number of nitrogens with one attached hydrogen (secondary N) is 3. The molecule has 0 fully saturated rings. The molecule has 1 unspecified atom stereocenters. The van der Waals surface area contributed by atoms with Crippen LogP contribution in [0.25, 0.3) is 0 Å². The van der Waals surface area contributed by atoms with E-state index in [0.717, 1.165) is 0 Å².